The van der Waals surface area contributed by atoms with E-state index in [1.165, 1.54) is 29.3 Å². The number of ether oxygens (including phenoxy) is 1. The number of nitrogens with two attached hydrogens (primary N) is 1. The fraction of sp³-hybridized carbons (Fsp3) is 0.176. The van der Waals surface area contributed by atoms with Crippen LogP contribution < -0.4 is 15.4 Å². The number of imide groups is 1. The van der Waals surface area contributed by atoms with Gasteiger partial charge >= 0.3 is 12.4 Å². The number of carbonyl (C=O) groups excluding carboxylic acids is 3. The first kappa shape index (κ1) is 19.1. The minimum Gasteiger partial charge on any atom is -0.406 e. The number of hydrogen-bond acceptors (Lipinski definition) is 5. The van der Waals surface area contributed by atoms with Gasteiger partial charge < -0.3 is 15.4 Å². The number of urea groups is 1. The molecular weight excluding hydrogens is 381 g/mol. The summed E-state index contributed by atoms with van der Waals surface area (Å²) < 4.78 is 40.4. The number of anilines is 1. The molecule has 28 heavy (non-hydrogen) atoms. The standard InChI is InChI=1S/C17H13F3N4O4/c18-17(19,20)28-12-3-1-11(2-4-12)24-14(25)9-23(16(24)27)8-10-5-6-22-13(7-10)15(21)26/h1-7H,8-9H2,(H2,21,26). The average molecular weight is 394 g/mol. The summed E-state index contributed by atoms with van der Waals surface area (Å²) in [4.78, 5) is 41.9. The third kappa shape index (κ3) is 4.19. The summed E-state index contributed by atoms with van der Waals surface area (Å²) in [6, 6.07) is 6.70. The van der Waals surface area contributed by atoms with Crippen LogP contribution in [0.2, 0.25) is 0 Å². The number of alkyl halides is 3. The van der Waals surface area contributed by atoms with Crippen LogP contribution >= 0.6 is 0 Å². The maximum absolute atomic E-state index is 12.6. The Morgan fingerprint density at radius 1 is 1.18 bits per heavy atom. The zero-order valence-electron chi connectivity index (χ0n) is 14.1. The first-order valence-corrected chi connectivity index (χ1v) is 7.86. The van der Waals surface area contributed by atoms with Gasteiger partial charge in [-0.3, -0.25) is 14.6 Å². The Morgan fingerprint density at radius 2 is 1.86 bits per heavy atom. The minimum absolute atomic E-state index is 0.0209. The number of aromatic nitrogens is 1. The Bertz CT molecular complexity index is 931. The topological polar surface area (TPSA) is 106 Å². The lowest BCUT2D eigenvalue weighted by Crippen LogP contribution is -2.32. The van der Waals surface area contributed by atoms with Gasteiger partial charge in [0.2, 0.25) is 0 Å². The van der Waals surface area contributed by atoms with Gasteiger partial charge in [0.15, 0.2) is 0 Å². The van der Waals surface area contributed by atoms with Gasteiger partial charge in [-0.2, -0.15) is 0 Å². The molecule has 0 aliphatic carbocycles. The third-order valence-electron chi connectivity index (χ3n) is 3.82. The van der Waals surface area contributed by atoms with Crippen molar-refractivity contribution in [2.75, 3.05) is 11.4 Å². The number of pyridine rings is 1. The molecule has 146 valence electrons. The summed E-state index contributed by atoms with van der Waals surface area (Å²) in [5, 5.41) is 0. The highest BCUT2D eigenvalue weighted by molar-refractivity contribution is 6.19. The quantitative estimate of drug-likeness (QED) is 0.782. The first-order chi connectivity index (χ1) is 13.1. The Kier molecular flexibility index (Phi) is 4.91. The van der Waals surface area contributed by atoms with Crippen molar-refractivity contribution in [3.05, 3.63) is 53.9 Å². The fourth-order valence-electron chi connectivity index (χ4n) is 2.65. The molecule has 1 aromatic carbocycles. The summed E-state index contributed by atoms with van der Waals surface area (Å²) in [6.45, 7) is -0.201. The lowest BCUT2D eigenvalue weighted by atomic mass is 10.2. The van der Waals surface area contributed by atoms with Gasteiger partial charge in [-0.25, -0.2) is 9.69 Å². The Balaban J connectivity index is 1.75. The third-order valence-corrected chi connectivity index (χ3v) is 3.82. The molecule has 11 heteroatoms. The molecule has 2 aromatic rings. The van der Waals surface area contributed by atoms with Crippen LogP contribution in [0.4, 0.5) is 23.7 Å². The molecule has 1 fully saturated rings. The number of nitrogens with zero attached hydrogens (tertiary/aromatic N) is 3. The second-order valence-electron chi connectivity index (χ2n) is 5.82. The van der Waals surface area contributed by atoms with E-state index in [0.29, 0.717) is 5.56 Å². The van der Waals surface area contributed by atoms with E-state index in [4.69, 9.17) is 5.73 Å². The lowest BCUT2D eigenvalue weighted by molar-refractivity contribution is -0.274. The number of amides is 4. The second kappa shape index (κ2) is 7.18. The smallest absolute Gasteiger partial charge is 0.406 e. The molecule has 0 atom stereocenters. The van der Waals surface area contributed by atoms with Crippen molar-refractivity contribution < 1.29 is 32.3 Å². The van der Waals surface area contributed by atoms with Crippen molar-refractivity contribution in [3.8, 4) is 5.75 Å². The zero-order valence-corrected chi connectivity index (χ0v) is 14.1. The number of primary amides is 1. The molecule has 3 rings (SSSR count). The van der Waals surface area contributed by atoms with Crippen molar-refractivity contribution >= 4 is 23.5 Å². The molecule has 1 aromatic heterocycles. The van der Waals surface area contributed by atoms with Crippen LogP contribution in [0, 0.1) is 0 Å². The number of rotatable bonds is 5. The van der Waals surface area contributed by atoms with Gasteiger partial charge in [0.25, 0.3) is 11.8 Å². The predicted molar refractivity (Wildman–Crippen MR) is 89.2 cm³/mol. The van der Waals surface area contributed by atoms with Crippen molar-refractivity contribution in [1.29, 1.82) is 0 Å². The van der Waals surface area contributed by atoms with E-state index in [0.717, 1.165) is 17.0 Å². The van der Waals surface area contributed by atoms with Gasteiger partial charge in [-0.05, 0) is 42.0 Å². The second-order valence-corrected chi connectivity index (χ2v) is 5.82. The van der Waals surface area contributed by atoms with Crippen molar-refractivity contribution in [2.45, 2.75) is 12.9 Å². The Morgan fingerprint density at radius 3 is 2.46 bits per heavy atom. The minimum atomic E-state index is -4.84. The molecule has 0 saturated carbocycles. The largest absolute Gasteiger partial charge is 0.573 e. The molecule has 4 amide bonds. The molecule has 8 nitrogen and oxygen atoms in total. The van der Waals surface area contributed by atoms with E-state index >= 15 is 0 Å². The highest BCUT2D eigenvalue weighted by atomic mass is 19.4. The van der Waals surface area contributed by atoms with E-state index in [9.17, 15) is 27.6 Å². The molecule has 2 heterocycles. The normalized spacial score (nSPS) is 14.5. The average Bonchev–Trinajstić information content (AvgIpc) is 2.88. The molecule has 0 radical (unpaired) electrons. The highest BCUT2D eigenvalue weighted by Gasteiger charge is 2.37. The van der Waals surface area contributed by atoms with Crippen molar-refractivity contribution in [2.24, 2.45) is 5.73 Å². The molecule has 1 aliphatic rings. The number of hydrogen-bond donors (Lipinski definition) is 1. The summed E-state index contributed by atoms with van der Waals surface area (Å²) >= 11 is 0. The number of halogens is 3. The summed E-state index contributed by atoms with van der Waals surface area (Å²) in [5.41, 5.74) is 5.84. The number of carbonyl (C=O) groups is 3. The van der Waals surface area contributed by atoms with Gasteiger partial charge in [0.1, 0.15) is 18.0 Å². The molecular formula is C17H13F3N4O4. The summed E-state index contributed by atoms with van der Waals surface area (Å²) in [5.74, 6) is -1.74. The molecule has 2 N–H and O–H groups in total. The van der Waals surface area contributed by atoms with Gasteiger partial charge in [0.05, 0.1) is 5.69 Å². The van der Waals surface area contributed by atoms with Crippen LogP contribution in [0.1, 0.15) is 16.1 Å². The van der Waals surface area contributed by atoms with E-state index in [-0.39, 0.29) is 24.5 Å². The highest BCUT2D eigenvalue weighted by Crippen LogP contribution is 2.28. The van der Waals surface area contributed by atoms with Crippen LogP contribution in [0.15, 0.2) is 42.6 Å². The summed E-state index contributed by atoms with van der Waals surface area (Å²) in [7, 11) is 0. The molecule has 0 spiro atoms. The van der Waals surface area contributed by atoms with Crippen molar-refractivity contribution in [3.63, 3.8) is 0 Å². The Labute approximate surface area is 156 Å². The summed E-state index contributed by atoms with van der Waals surface area (Å²) in [6.07, 6.45) is -3.49. The molecule has 1 saturated heterocycles. The predicted octanol–water partition coefficient (Wildman–Crippen LogP) is 2.05. The van der Waals surface area contributed by atoms with Crippen LogP contribution in [0.25, 0.3) is 0 Å². The molecule has 0 unspecified atom stereocenters. The first-order valence-electron chi connectivity index (χ1n) is 7.86. The fourth-order valence-corrected chi connectivity index (χ4v) is 2.65. The monoisotopic (exact) mass is 394 g/mol. The SMILES string of the molecule is NC(=O)c1cc(CN2CC(=O)N(c3ccc(OC(F)(F)F)cc3)C2=O)ccn1. The van der Waals surface area contributed by atoms with E-state index in [1.54, 1.807) is 6.07 Å². The van der Waals surface area contributed by atoms with Gasteiger partial charge in [-0.1, -0.05) is 0 Å². The molecule has 0 bridgehead atoms. The number of benzene rings is 1. The van der Waals surface area contributed by atoms with E-state index in [1.807, 2.05) is 0 Å². The maximum atomic E-state index is 12.6. The van der Waals surface area contributed by atoms with Crippen LogP contribution in [-0.4, -0.2) is 40.6 Å². The van der Waals surface area contributed by atoms with Crippen LogP contribution in [-0.2, 0) is 11.3 Å². The lowest BCUT2D eigenvalue weighted by Gasteiger charge is -2.18. The van der Waals surface area contributed by atoms with E-state index < -0.39 is 30.0 Å². The zero-order chi connectivity index (χ0) is 20.5. The van der Waals surface area contributed by atoms with Crippen molar-refractivity contribution in [1.82, 2.24) is 9.88 Å². The van der Waals surface area contributed by atoms with Crippen LogP contribution in [0.3, 0.4) is 0 Å². The molecule has 1 aliphatic heterocycles. The maximum Gasteiger partial charge on any atom is 0.573 e. The van der Waals surface area contributed by atoms with Gasteiger partial charge in [0, 0.05) is 12.7 Å². The van der Waals surface area contributed by atoms with Crippen LogP contribution in [0.5, 0.6) is 5.75 Å². The van der Waals surface area contributed by atoms with E-state index in [2.05, 4.69) is 9.72 Å². The Hall–Kier alpha value is -3.63. The van der Waals surface area contributed by atoms with Gasteiger partial charge in [-0.15, -0.1) is 13.2 Å².